The molecular weight excluding hydrogens is 451 g/mol. The van der Waals surface area contributed by atoms with Crippen LogP contribution < -0.4 is 5.32 Å². The molecule has 2 N–H and O–H groups in total. The van der Waals surface area contributed by atoms with Crippen molar-refractivity contribution in [3.05, 3.63) is 51.9 Å². The van der Waals surface area contributed by atoms with Gasteiger partial charge in [0.1, 0.15) is 27.9 Å². The number of carboxylic acid groups (broad SMARTS) is 1. The highest BCUT2D eigenvalue weighted by atomic mass is 32.2. The van der Waals surface area contributed by atoms with Crippen molar-refractivity contribution in [1.29, 1.82) is 0 Å². The average molecular weight is 467 g/mol. The predicted octanol–water partition coefficient (Wildman–Crippen LogP) is 2.13. The van der Waals surface area contributed by atoms with Crippen LogP contribution in [0.15, 0.2) is 39.9 Å². The summed E-state index contributed by atoms with van der Waals surface area (Å²) in [5, 5.41) is 20.6. The number of aliphatic carboxylic acids is 1. The van der Waals surface area contributed by atoms with E-state index in [2.05, 4.69) is 15.5 Å². The third-order valence-electron chi connectivity index (χ3n) is 4.52. The second-order valence-electron chi connectivity index (χ2n) is 6.50. The minimum Gasteiger partial charge on any atom is -0.477 e. The maximum absolute atomic E-state index is 13.0. The summed E-state index contributed by atoms with van der Waals surface area (Å²) in [6.45, 7) is 1.84. The molecule has 2 aromatic rings. The van der Waals surface area contributed by atoms with E-state index in [-0.39, 0.29) is 11.3 Å². The van der Waals surface area contributed by atoms with Gasteiger partial charge in [-0.15, -0.1) is 22.0 Å². The molecule has 1 fully saturated rings. The van der Waals surface area contributed by atoms with E-state index in [0.29, 0.717) is 17.1 Å². The van der Waals surface area contributed by atoms with E-state index < -0.39 is 35.0 Å². The van der Waals surface area contributed by atoms with E-state index in [1.54, 1.807) is 0 Å². The molecule has 2 atom stereocenters. The highest BCUT2D eigenvalue weighted by Crippen LogP contribution is 2.41. The molecule has 2 aliphatic rings. The standard InChI is InChI=1S/C18H15FN4O4S3/c1-8-21-22-18(30-8)29-7-10-6-28-16-12(15(25)23(16)13(10)17(26)27)20-14(24)9-2-4-11(19)5-3-9/h2-5,12,16H,6-7H2,1H3,(H,20,24)(H,26,27)/t12-,16-/m0/s1. The number of hydrogen-bond donors (Lipinski definition) is 2. The molecule has 0 aliphatic carbocycles. The first-order chi connectivity index (χ1) is 14.3. The molecule has 0 spiro atoms. The maximum atomic E-state index is 13.0. The Morgan fingerprint density at radius 1 is 1.33 bits per heavy atom. The number of carbonyl (C=O) groups is 3. The van der Waals surface area contributed by atoms with Crippen molar-refractivity contribution >= 4 is 52.6 Å². The lowest BCUT2D eigenvalue weighted by Crippen LogP contribution is -2.70. The lowest BCUT2D eigenvalue weighted by Gasteiger charge is -2.49. The minimum absolute atomic E-state index is 0.0373. The highest BCUT2D eigenvalue weighted by Gasteiger charge is 2.54. The van der Waals surface area contributed by atoms with Gasteiger partial charge in [0, 0.05) is 17.1 Å². The van der Waals surface area contributed by atoms with Crippen LogP contribution in [-0.2, 0) is 9.59 Å². The van der Waals surface area contributed by atoms with E-state index in [0.717, 1.165) is 21.5 Å². The van der Waals surface area contributed by atoms with E-state index in [4.69, 9.17) is 0 Å². The van der Waals surface area contributed by atoms with Gasteiger partial charge in [0.15, 0.2) is 4.34 Å². The van der Waals surface area contributed by atoms with Crippen molar-refractivity contribution in [2.45, 2.75) is 22.7 Å². The first kappa shape index (κ1) is 20.8. The number of aryl methyl sites for hydroxylation is 1. The Balaban J connectivity index is 1.47. The number of hydrogen-bond acceptors (Lipinski definition) is 8. The van der Waals surface area contributed by atoms with Gasteiger partial charge < -0.3 is 10.4 Å². The summed E-state index contributed by atoms with van der Waals surface area (Å²) in [6, 6.07) is 4.14. The van der Waals surface area contributed by atoms with Crippen LogP contribution in [0.3, 0.4) is 0 Å². The fourth-order valence-electron chi connectivity index (χ4n) is 3.11. The monoisotopic (exact) mass is 466 g/mol. The van der Waals surface area contributed by atoms with Crippen LogP contribution in [0.4, 0.5) is 4.39 Å². The average Bonchev–Trinajstić information content (AvgIpc) is 3.15. The van der Waals surface area contributed by atoms with Crippen molar-refractivity contribution in [1.82, 2.24) is 20.4 Å². The van der Waals surface area contributed by atoms with Crippen molar-refractivity contribution in [2.24, 2.45) is 0 Å². The molecule has 0 radical (unpaired) electrons. The molecule has 2 amide bonds. The summed E-state index contributed by atoms with van der Waals surface area (Å²) in [7, 11) is 0. The third kappa shape index (κ3) is 3.94. The van der Waals surface area contributed by atoms with Gasteiger partial charge in [0.25, 0.3) is 11.8 Å². The molecule has 0 unspecified atom stereocenters. The Kier molecular flexibility index (Phi) is 5.80. The second-order valence-corrected chi connectivity index (χ2v) is 10.0. The fourth-order valence-corrected chi connectivity index (χ4v) is 6.41. The zero-order valence-electron chi connectivity index (χ0n) is 15.5. The predicted molar refractivity (Wildman–Crippen MR) is 111 cm³/mol. The Bertz CT molecular complexity index is 1060. The second kappa shape index (κ2) is 8.36. The molecule has 4 rings (SSSR count). The first-order valence-corrected chi connectivity index (χ1v) is 11.6. The van der Waals surface area contributed by atoms with E-state index >= 15 is 0 Å². The summed E-state index contributed by atoms with van der Waals surface area (Å²) in [6.07, 6.45) is 0. The lowest BCUT2D eigenvalue weighted by molar-refractivity contribution is -0.148. The van der Waals surface area contributed by atoms with Crippen LogP contribution in [0, 0.1) is 12.7 Å². The number of thioether (sulfide) groups is 2. The van der Waals surface area contributed by atoms with Gasteiger partial charge in [-0.2, -0.15) is 0 Å². The molecule has 1 aromatic heterocycles. The third-order valence-corrected chi connectivity index (χ3v) is 7.92. The normalized spacial score (nSPS) is 20.6. The number of carboxylic acids is 1. The maximum Gasteiger partial charge on any atom is 0.352 e. The Morgan fingerprint density at radius 2 is 2.07 bits per heavy atom. The van der Waals surface area contributed by atoms with E-state index in [9.17, 15) is 23.9 Å². The van der Waals surface area contributed by atoms with Crippen LogP contribution in [0.2, 0.25) is 0 Å². The summed E-state index contributed by atoms with van der Waals surface area (Å²) in [5.74, 6) is -1.83. The minimum atomic E-state index is -1.18. The fraction of sp³-hybridized carbons (Fsp3) is 0.278. The van der Waals surface area contributed by atoms with Crippen LogP contribution >= 0.6 is 34.9 Å². The van der Waals surface area contributed by atoms with Gasteiger partial charge in [-0.1, -0.05) is 23.1 Å². The number of halogens is 1. The van der Waals surface area contributed by atoms with Crippen molar-refractivity contribution in [3.63, 3.8) is 0 Å². The Labute approximate surface area is 182 Å². The largest absolute Gasteiger partial charge is 0.477 e. The molecule has 0 bridgehead atoms. The number of nitrogens with one attached hydrogen (secondary N) is 1. The van der Waals surface area contributed by atoms with Crippen LogP contribution in [0.25, 0.3) is 0 Å². The topological polar surface area (TPSA) is 112 Å². The zero-order valence-corrected chi connectivity index (χ0v) is 17.9. The van der Waals surface area contributed by atoms with E-state index in [1.807, 2.05) is 6.92 Å². The van der Waals surface area contributed by atoms with Crippen LogP contribution in [-0.4, -0.2) is 60.9 Å². The van der Waals surface area contributed by atoms with Gasteiger partial charge >= 0.3 is 5.97 Å². The molecule has 1 aromatic carbocycles. The summed E-state index contributed by atoms with van der Waals surface area (Å²) < 4.78 is 13.8. The number of rotatable bonds is 6. The molecule has 1 saturated heterocycles. The molecule has 2 aliphatic heterocycles. The molecule has 156 valence electrons. The van der Waals surface area contributed by atoms with Crippen molar-refractivity contribution in [2.75, 3.05) is 11.5 Å². The van der Waals surface area contributed by atoms with Gasteiger partial charge in [0.2, 0.25) is 0 Å². The Hall–Kier alpha value is -2.44. The molecule has 0 saturated carbocycles. The number of benzene rings is 1. The smallest absolute Gasteiger partial charge is 0.352 e. The van der Waals surface area contributed by atoms with Gasteiger partial charge in [0.05, 0.1) is 0 Å². The molecule has 3 heterocycles. The quantitative estimate of drug-likeness (QED) is 0.492. The molecular formula is C18H15FN4O4S3. The van der Waals surface area contributed by atoms with Crippen molar-refractivity contribution in [3.8, 4) is 0 Å². The number of aromatic nitrogens is 2. The number of amides is 2. The summed E-state index contributed by atoms with van der Waals surface area (Å²) in [5.41, 5.74) is 0.810. The highest BCUT2D eigenvalue weighted by molar-refractivity contribution is 8.01. The number of nitrogens with zero attached hydrogens (tertiary/aromatic N) is 3. The Morgan fingerprint density at radius 3 is 2.70 bits per heavy atom. The summed E-state index contributed by atoms with van der Waals surface area (Å²) in [4.78, 5) is 38.1. The molecule has 12 heteroatoms. The van der Waals surface area contributed by atoms with Crippen LogP contribution in [0.5, 0.6) is 0 Å². The van der Waals surface area contributed by atoms with E-state index in [1.165, 1.54) is 51.9 Å². The number of fused-ring (bicyclic) bond motifs is 1. The summed E-state index contributed by atoms with van der Waals surface area (Å²) >= 11 is 4.20. The molecule has 30 heavy (non-hydrogen) atoms. The van der Waals surface area contributed by atoms with Gasteiger partial charge in [-0.05, 0) is 36.8 Å². The van der Waals surface area contributed by atoms with Gasteiger partial charge in [-0.3, -0.25) is 14.5 Å². The lowest BCUT2D eigenvalue weighted by atomic mass is 10.0. The van der Waals surface area contributed by atoms with Gasteiger partial charge in [-0.25, -0.2) is 9.18 Å². The SMILES string of the molecule is Cc1nnc(SCC2=C(C(=O)O)N3C(=O)[C@H](NC(=O)c4ccc(F)cc4)[C@@H]3SC2)s1. The van der Waals surface area contributed by atoms with Crippen molar-refractivity contribution < 1.29 is 23.9 Å². The number of carbonyl (C=O) groups excluding carboxylic acids is 2. The van der Waals surface area contributed by atoms with Crippen LogP contribution in [0.1, 0.15) is 15.4 Å². The number of β-lactam (4-membered cyclic amide) rings is 1. The molecule has 8 nitrogen and oxygen atoms in total. The first-order valence-electron chi connectivity index (χ1n) is 8.74. The zero-order chi connectivity index (χ0) is 21.4.